The van der Waals surface area contributed by atoms with Gasteiger partial charge in [-0.15, -0.1) is 11.3 Å². The number of hydrogen-bond donors (Lipinski definition) is 2. The number of H-pyrrole nitrogens is 1. The highest BCUT2D eigenvalue weighted by molar-refractivity contribution is 7.18. The van der Waals surface area contributed by atoms with Crippen LogP contribution in [0.2, 0.25) is 0 Å². The summed E-state index contributed by atoms with van der Waals surface area (Å²) in [6.45, 7) is 6.86. The fourth-order valence-electron chi connectivity index (χ4n) is 4.28. The number of thiophene rings is 1. The van der Waals surface area contributed by atoms with Crippen LogP contribution in [-0.4, -0.2) is 23.0 Å². The Bertz CT molecular complexity index is 1170. The van der Waals surface area contributed by atoms with Gasteiger partial charge >= 0.3 is 0 Å². The van der Waals surface area contributed by atoms with Gasteiger partial charge < -0.3 is 15.0 Å². The average Bonchev–Trinajstić information content (AvgIpc) is 3.10. The van der Waals surface area contributed by atoms with Crippen molar-refractivity contribution < 1.29 is 9.53 Å². The summed E-state index contributed by atoms with van der Waals surface area (Å²) in [4.78, 5) is 34.9. The van der Waals surface area contributed by atoms with Gasteiger partial charge in [0.15, 0.2) is 0 Å². The molecule has 0 radical (unpaired) electrons. The molecule has 0 aliphatic heterocycles. The van der Waals surface area contributed by atoms with Crippen molar-refractivity contribution in [3.63, 3.8) is 0 Å². The molecule has 4 rings (SSSR count). The molecular formula is C24H29N3O3S. The fraction of sp³-hybridized carbons (Fsp3) is 0.458. The summed E-state index contributed by atoms with van der Waals surface area (Å²) >= 11 is 1.64. The van der Waals surface area contributed by atoms with E-state index in [-0.39, 0.29) is 23.3 Å². The molecule has 2 heterocycles. The molecule has 2 aromatic heterocycles. The number of methoxy groups -OCH3 is 1. The molecule has 1 aliphatic carbocycles. The molecule has 2 N–H and O–H groups in total. The van der Waals surface area contributed by atoms with E-state index in [0.717, 1.165) is 29.5 Å². The van der Waals surface area contributed by atoms with Crippen LogP contribution in [0.5, 0.6) is 5.75 Å². The first-order valence-electron chi connectivity index (χ1n) is 10.7. The number of anilines is 1. The molecule has 1 aromatic carbocycles. The van der Waals surface area contributed by atoms with Gasteiger partial charge in [-0.25, -0.2) is 4.98 Å². The molecule has 1 amide bonds. The number of aromatic amines is 1. The van der Waals surface area contributed by atoms with Gasteiger partial charge in [0.2, 0.25) is 5.91 Å². The first kappa shape index (κ1) is 21.6. The first-order valence-corrected chi connectivity index (χ1v) is 11.5. The number of carbonyl (C=O) groups is 1. The van der Waals surface area contributed by atoms with Gasteiger partial charge in [-0.1, -0.05) is 32.9 Å². The van der Waals surface area contributed by atoms with Gasteiger partial charge in [0.1, 0.15) is 16.4 Å². The Kier molecular flexibility index (Phi) is 5.88. The number of amides is 1. The summed E-state index contributed by atoms with van der Waals surface area (Å²) in [6, 6.07) is 7.28. The molecular weight excluding hydrogens is 410 g/mol. The van der Waals surface area contributed by atoms with Gasteiger partial charge in [0.05, 0.1) is 18.2 Å². The minimum atomic E-state index is -0.147. The molecule has 3 aromatic rings. The lowest BCUT2D eigenvalue weighted by Crippen LogP contribution is -2.26. The van der Waals surface area contributed by atoms with E-state index < -0.39 is 0 Å². The Labute approximate surface area is 186 Å². The van der Waals surface area contributed by atoms with E-state index in [0.29, 0.717) is 29.6 Å². The smallest absolute Gasteiger partial charge is 0.259 e. The van der Waals surface area contributed by atoms with Crippen LogP contribution in [0.4, 0.5) is 5.69 Å². The summed E-state index contributed by atoms with van der Waals surface area (Å²) in [7, 11) is 1.57. The summed E-state index contributed by atoms with van der Waals surface area (Å²) in [5.41, 5.74) is 1.98. The zero-order valence-electron chi connectivity index (χ0n) is 18.5. The second kappa shape index (κ2) is 8.46. The predicted molar refractivity (Wildman–Crippen MR) is 125 cm³/mol. The Hall–Kier alpha value is -2.67. The van der Waals surface area contributed by atoms with E-state index in [9.17, 15) is 9.59 Å². The highest BCUT2D eigenvalue weighted by atomic mass is 32.1. The number of nitrogens with zero attached hydrogens (tertiary/aromatic N) is 1. The normalized spacial score (nSPS) is 16.2. The Morgan fingerprint density at radius 3 is 2.84 bits per heavy atom. The maximum absolute atomic E-state index is 12.8. The third-order valence-corrected chi connectivity index (χ3v) is 7.31. The number of para-hydroxylation sites is 2. The maximum atomic E-state index is 12.8. The predicted octanol–water partition coefficient (Wildman–Crippen LogP) is 4.72. The highest BCUT2D eigenvalue weighted by Crippen LogP contribution is 2.42. The second-order valence-corrected chi connectivity index (χ2v) is 10.3. The van der Waals surface area contributed by atoms with E-state index in [1.54, 1.807) is 30.6 Å². The van der Waals surface area contributed by atoms with Crippen LogP contribution >= 0.6 is 11.3 Å². The van der Waals surface area contributed by atoms with Crippen molar-refractivity contribution in [2.45, 2.75) is 52.9 Å². The fourth-order valence-corrected chi connectivity index (χ4v) is 5.60. The molecule has 0 spiro atoms. The summed E-state index contributed by atoms with van der Waals surface area (Å²) in [5, 5.41) is 3.61. The van der Waals surface area contributed by atoms with Crippen LogP contribution in [0.15, 0.2) is 29.1 Å². The van der Waals surface area contributed by atoms with Gasteiger partial charge in [0, 0.05) is 17.7 Å². The van der Waals surface area contributed by atoms with Crippen LogP contribution < -0.4 is 15.6 Å². The lowest BCUT2D eigenvalue weighted by Gasteiger charge is -2.33. The van der Waals surface area contributed by atoms with Crippen molar-refractivity contribution in [2.24, 2.45) is 11.3 Å². The number of aromatic nitrogens is 2. The van der Waals surface area contributed by atoms with Gasteiger partial charge in [-0.3, -0.25) is 9.59 Å². The quantitative estimate of drug-likeness (QED) is 0.603. The molecule has 0 saturated heterocycles. The minimum absolute atomic E-state index is 0.0863. The van der Waals surface area contributed by atoms with Crippen LogP contribution in [0, 0.1) is 11.3 Å². The van der Waals surface area contributed by atoms with Crippen LogP contribution in [-0.2, 0) is 24.1 Å². The van der Waals surface area contributed by atoms with Crippen molar-refractivity contribution in [1.82, 2.24) is 9.97 Å². The Balaban J connectivity index is 1.50. The number of hydrogen-bond acceptors (Lipinski definition) is 5. The van der Waals surface area contributed by atoms with E-state index >= 15 is 0 Å². The number of ether oxygens (including phenoxy) is 1. The third kappa shape index (κ3) is 4.51. The lowest BCUT2D eigenvalue weighted by atomic mass is 9.72. The minimum Gasteiger partial charge on any atom is -0.495 e. The van der Waals surface area contributed by atoms with Gasteiger partial charge in [0.25, 0.3) is 5.56 Å². The SMILES string of the molecule is COc1ccccc1NC(=O)CCc1nc2sc3c(c2c(=O)[nH]1)CCC(C(C)(C)C)C3. The summed E-state index contributed by atoms with van der Waals surface area (Å²) in [6.07, 6.45) is 3.65. The van der Waals surface area contributed by atoms with Crippen molar-refractivity contribution in [1.29, 1.82) is 0 Å². The Morgan fingerprint density at radius 1 is 1.32 bits per heavy atom. The first-order chi connectivity index (χ1) is 14.8. The number of carbonyl (C=O) groups excluding carboxylic acids is 1. The number of benzene rings is 1. The molecule has 1 atom stereocenters. The van der Waals surface area contributed by atoms with E-state index in [1.807, 2.05) is 12.1 Å². The van der Waals surface area contributed by atoms with Crippen molar-refractivity contribution in [3.8, 4) is 5.75 Å². The average molecular weight is 440 g/mol. The largest absolute Gasteiger partial charge is 0.495 e. The lowest BCUT2D eigenvalue weighted by molar-refractivity contribution is -0.116. The topological polar surface area (TPSA) is 84.1 Å². The maximum Gasteiger partial charge on any atom is 0.259 e. The van der Waals surface area contributed by atoms with Crippen LogP contribution in [0.1, 0.15) is 49.9 Å². The summed E-state index contributed by atoms with van der Waals surface area (Å²) < 4.78 is 5.27. The zero-order chi connectivity index (χ0) is 22.2. The van der Waals surface area contributed by atoms with Crippen molar-refractivity contribution in [2.75, 3.05) is 12.4 Å². The van der Waals surface area contributed by atoms with E-state index in [1.165, 1.54) is 10.4 Å². The van der Waals surface area contributed by atoms with Crippen molar-refractivity contribution in [3.05, 3.63) is 50.9 Å². The molecule has 7 heteroatoms. The molecule has 0 bridgehead atoms. The molecule has 31 heavy (non-hydrogen) atoms. The van der Waals surface area contributed by atoms with Crippen molar-refractivity contribution >= 4 is 33.1 Å². The molecule has 164 valence electrons. The van der Waals surface area contributed by atoms with E-state index in [4.69, 9.17) is 9.72 Å². The number of aryl methyl sites for hydroxylation is 2. The van der Waals surface area contributed by atoms with Crippen LogP contribution in [0.25, 0.3) is 10.2 Å². The number of rotatable bonds is 5. The monoisotopic (exact) mass is 439 g/mol. The molecule has 1 unspecified atom stereocenters. The molecule has 6 nitrogen and oxygen atoms in total. The number of fused-ring (bicyclic) bond motifs is 3. The molecule has 1 aliphatic rings. The summed E-state index contributed by atoms with van der Waals surface area (Å²) in [5.74, 6) is 1.64. The van der Waals surface area contributed by atoms with E-state index in [2.05, 4.69) is 31.1 Å². The molecule has 0 fully saturated rings. The zero-order valence-corrected chi connectivity index (χ0v) is 19.3. The Morgan fingerprint density at radius 2 is 2.10 bits per heavy atom. The van der Waals surface area contributed by atoms with Gasteiger partial charge in [-0.2, -0.15) is 0 Å². The second-order valence-electron chi connectivity index (χ2n) is 9.25. The molecule has 0 saturated carbocycles. The highest BCUT2D eigenvalue weighted by Gasteiger charge is 2.31. The standard InChI is InChI=1S/C24H29N3O3S/c1-24(2,3)14-9-10-15-18(13-14)31-23-21(15)22(29)26-19(27-23)11-12-20(28)25-16-7-5-6-8-17(16)30-4/h5-8,14H,9-13H2,1-4H3,(H,25,28)(H,26,27,29). The third-order valence-electron chi connectivity index (χ3n) is 6.16. The van der Waals surface area contributed by atoms with Gasteiger partial charge in [-0.05, 0) is 48.3 Å². The van der Waals surface area contributed by atoms with Crippen LogP contribution in [0.3, 0.4) is 0 Å². The number of nitrogens with one attached hydrogen (secondary N) is 2.